The standard InChI is InChI=1S/C19H22N2O4/c1-11-6-12(2)21-19(23)17(11)18(22)20-9-13-7-14-4-5-15(24-3)8-16(14)25-10-13/h4-6,8,13H,7,9-10H2,1-3H3,(H,20,22)(H,21,23). The summed E-state index contributed by atoms with van der Waals surface area (Å²) in [5.41, 5.74) is 2.33. The van der Waals surface area contributed by atoms with E-state index in [1.807, 2.05) is 18.2 Å². The van der Waals surface area contributed by atoms with Crippen LogP contribution in [0.1, 0.15) is 27.2 Å². The Morgan fingerprint density at radius 2 is 2.16 bits per heavy atom. The Kier molecular flexibility index (Phi) is 4.79. The summed E-state index contributed by atoms with van der Waals surface area (Å²) in [6.45, 7) is 4.53. The molecule has 2 N–H and O–H groups in total. The molecule has 1 aliphatic rings. The fraction of sp³-hybridized carbons (Fsp3) is 0.368. The largest absolute Gasteiger partial charge is 0.497 e. The van der Waals surface area contributed by atoms with Crippen molar-refractivity contribution < 1.29 is 14.3 Å². The molecular formula is C19H22N2O4. The van der Waals surface area contributed by atoms with E-state index in [0.29, 0.717) is 18.7 Å². The lowest BCUT2D eigenvalue weighted by Gasteiger charge is -2.25. The van der Waals surface area contributed by atoms with Gasteiger partial charge >= 0.3 is 0 Å². The number of pyridine rings is 1. The summed E-state index contributed by atoms with van der Waals surface area (Å²) < 4.78 is 11.0. The molecule has 0 aliphatic carbocycles. The molecule has 2 heterocycles. The van der Waals surface area contributed by atoms with Gasteiger partial charge in [0.05, 0.1) is 13.7 Å². The van der Waals surface area contributed by atoms with E-state index in [2.05, 4.69) is 10.3 Å². The number of nitrogens with one attached hydrogen (secondary N) is 2. The van der Waals surface area contributed by atoms with E-state index in [4.69, 9.17) is 9.47 Å². The minimum Gasteiger partial charge on any atom is -0.497 e. The lowest BCUT2D eigenvalue weighted by atomic mass is 9.96. The highest BCUT2D eigenvalue weighted by Crippen LogP contribution is 2.30. The molecule has 1 aliphatic heterocycles. The molecule has 1 atom stereocenters. The van der Waals surface area contributed by atoms with Crippen molar-refractivity contribution in [2.45, 2.75) is 20.3 Å². The zero-order valence-corrected chi connectivity index (χ0v) is 14.6. The number of ether oxygens (including phenoxy) is 2. The average Bonchev–Trinajstić information content (AvgIpc) is 2.58. The van der Waals surface area contributed by atoms with E-state index in [1.54, 1.807) is 27.0 Å². The van der Waals surface area contributed by atoms with Crippen LogP contribution in [0.15, 0.2) is 29.1 Å². The van der Waals surface area contributed by atoms with Crippen LogP contribution in [0.25, 0.3) is 0 Å². The Balaban J connectivity index is 1.65. The molecule has 2 aromatic rings. The van der Waals surface area contributed by atoms with Gasteiger partial charge < -0.3 is 19.8 Å². The second-order valence-corrected chi connectivity index (χ2v) is 6.40. The van der Waals surface area contributed by atoms with Crippen LogP contribution in [0.2, 0.25) is 0 Å². The first-order valence-electron chi connectivity index (χ1n) is 8.26. The third-order valence-corrected chi connectivity index (χ3v) is 4.40. The van der Waals surface area contributed by atoms with Gasteiger partial charge in [0.15, 0.2) is 0 Å². The molecule has 1 unspecified atom stereocenters. The van der Waals surface area contributed by atoms with Crippen molar-refractivity contribution in [2.75, 3.05) is 20.3 Å². The maximum absolute atomic E-state index is 12.4. The first-order valence-corrected chi connectivity index (χ1v) is 8.26. The van der Waals surface area contributed by atoms with Crippen LogP contribution < -0.4 is 20.3 Å². The Bertz CT molecular complexity index is 857. The van der Waals surface area contributed by atoms with E-state index in [9.17, 15) is 9.59 Å². The van der Waals surface area contributed by atoms with E-state index in [1.165, 1.54) is 0 Å². The Hall–Kier alpha value is -2.76. The SMILES string of the molecule is COc1ccc2c(c1)OCC(CNC(=O)c1c(C)cc(C)[nH]c1=O)C2. The van der Waals surface area contributed by atoms with Gasteiger partial charge in [-0.15, -0.1) is 0 Å². The van der Waals surface area contributed by atoms with E-state index in [0.717, 1.165) is 29.2 Å². The number of aromatic amines is 1. The molecule has 25 heavy (non-hydrogen) atoms. The van der Waals surface area contributed by atoms with Crippen LogP contribution in [-0.4, -0.2) is 31.2 Å². The molecular weight excluding hydrogens is 320 g/mol. The highest BCUT2D eigenvalue weighted by molar-refractivity contribution is 5.95. The highest BCUT2D eigenvalue weighted by Gasteiger charge is 2.22. The van der Waals surface area contributed by atoms with Crippen LogP contribution in [0.5, 0.6) is 11.5 Å². The van der Waals surface area contributed by atoms with Gasteiger partial charge in [-0.3, -0.25) is 9.59 Å². The molecule has 0 saturated heterocycles. The van der Waals surface area contributed by atoms with Crippen molar-refractivity contribution in [3.63, 3.8) is 0 Å². The molecule has 6 heteroatoms. The number of hydrogen-bond acceptors (Lipinski definition) is 4. The fourth-order valence-corrected chi connectivity index (χ4v) is 3.13. The summed E-state index contributed by atoms with van der Waals surface area (Å²) in [5.74, 6) is 1.40. The van der Waals surface area contributed by atoms with Crippen LogP contribution >= 0.6 is 0 Å². The maximum atomic E-state index is 12.4. The molecule has 132 valence electrons. The number of hydrogen-bond donors (Lipinski definition) is 2. The normalized spacial score (nSPS) is 15.9. The monoisotopic (exact) mass is 342 g/mol. The average molecular weight is 342 g/mol. The summed E-state index contributed by atoms with van der Waals surface area (Å²) in [5, 5.41) is 2.86. The number of amides is 1. The fourth-order valence-electron chi connectivity index (χ4n) is 3.13. The van der Waals surface area contributed by atoms with Crippen molar-refractivity contribution in [2.24, 2.45) is 5.92 Å². The number of carbonyl (C=O) groups excluding carboxylic acids is 1. The molecule has 1 aromatic carbocycles. The maximum Gasteiger partial charge on any atom is 0.261 e. The topological polar surface area (TPSA) is 80.4 Å². The van der Waals surface area contributed by atoms with Crippen molar-refractivity contribution in [3.05, 3.63) is 57.0 Å². The van der Waals surface area contributed by atoms with Gasteiger partial charge in [-0.1, -0.05) is 6.07 Å². The van der Waals surface area contributed by atoms with Crippen LogP contribution in [-0.2, 0) is 6.42 Å². The Morgan fingerprint density at radius 3 is 2.88 bits per heavy atom. The predicted molar refractivity (Wildman–Crippen MR) is 94.6 cm³/mol. The molecule has 0 spiro atoms. The zero-order valence-electron chi connectivity index (χ0n) is 14.6. The Labute approximate surface area is 146 Å². The summed E-state index contributed by atoms with van der Waals surface area (Å²) in [6, 6.07) is 7.55. The number of fused-ring (bicyclic) bond motifs is 1. The third-order valence-electron chi connectivity index (χ3n) is 4.40. The zero-order chi connectivity index (χ0) is 18.0. The number of aromatic nitrogens is 1. The molecule has 0 fully saturated rings. The highest BCUT2D eigenvalue weighted by atomic mass is 16.5. The van der Waals surface area contributed by atoms with Gasteiger partial charge in [-0.25, -0.2) is 0 Å². The summed E-state index contributed by atoms with van der Waals surface area (Å²) >= 11 is 0. The van der Waals surface area contributed by atoms with Gasteiger partial charge in [-0.2, -0.15) is 0 Å². The lowest BCUT2D eigenvalue weighted by Crippen LogP contribution is -2.37. The number of methoxy groups -OCH3 is 1. The van der Waals surface area contributed by atoms with E-state index >= 15 is 0 Å². The quantitative estimate of drug-likeness (QED) is 0.890. The van der Waals surface area contributed by atoms with Crippen LogP contribution in [0.4, 0.5) is 0 Å². The van der Waals surface area contributed by atoms with Crippen molar-refractivity contribution in [1.82, 2.24) is 10.3 Å². The van der Waals surface area contributed by atoms with Gasteiger partial charge in [0.2, 0.25) is 0 Å². The number of aryl methyl sites for hydroxylation is 2. The van der Waals surface area contributed by atoms with Crippen LogP contribution in [0, 0.1) is 19.8 Å². The first-order chi connectivity index (χ1) is 12.0. The van der Waals surface area contributed by atoms with E-state index < -0.39 is 0 Å². The molecule has 6 nitrogen and oxygen atoms in total. The minimum absolute atomic E-state index is 0.162. The second kappa shape index (κ2) is 7.01. The molecule has 3 rings (SSSR count). The minimum atomic E-state index is -0.354. The number of H-pyrrole nitrogens is 1. The predicted octanol–water partition coefficient (Wildman–Crippen LogP) is 1.98. The third kappa shape index (κ3) is 3.68. The molecule has 1 aromatic heterocycles. The first kappa shape index (κ1) is 17.1. The summed E-state index contributed by atoms with van der Waals surface area (Å²) in [6.07, 6.45) is 0.808. The van der Waals surface area contributed by atoms with E-state index in [-0.39, 0.29) is 22.9 Å². The summed E-state index contributed by atoms with van der Waals surface area (Å²) in [4.78, 5) is 27.1. The smallest absolute Gasteiger partial charge is 0.261 e. The number of carbonyl (C=O) groups is 1. The van der Waals surface area contributed by atoms with Gasteiger partial charge in [0.1, 0.15) is 17.1 Å². The molecule has 0 radical (unpaired) electrons. The van der Waals surface area contributed by atoms with Gasteiger partial charge in [-0.05, 0) is 43.5 Å². The molecule has 1 amide bonds. The summed E-state index contributed by atoms with van der Waals surface area (Å²) in [7, 11) is 1.62. The van der Waals surface area contributed by atoms with Crippen molar-refractivity contribution in [3.8, 4) is 11.5 Å². The second-order valence-electron chi connectivity index (χ2n) is 6.40. The van der Waals surface area contributed by atoms with Crippen molar-refractivity contribution in [1.29, 1.82) is 0 Å². The number of rotatable bonds is 4. The Morgan fingerprint density at radius 1 is 1.36 bits per heavy atom. The van der Waals surface area contributed by atoms with Crippen molar-refractivity contribution >= 4 is 5.91 Å². The van der Waals surface area contributed by atoms with Gasteiger partial charge in [0, 0.05) is 24.2 Å². The van der Waals surface area contributed by atoms with Gasteiger partial charge in [0.25, 0.3) is 11.5 Å². The molecule has 0 bridgehead atoms. The number of benzene rings is 1. The van der Waals surface area contributed by atoms with Crippen LogP contribution in [0.3, 0.4) is 0 Å². The molecule has 0 saturated carbocycles. The lowest BCUT2D eigenvalue weighted by molar-refractivity contribution is 0.0937.